The van der Waals surface area contributed by atoms with Gasteiger partial charge in [0.15, 0.2) is 5.75 Å². The van der Waals surface area contributed by atoms with Crippen molar-refractivity contribution < 1.29 is 24.6 Å². The number of carboxylic acid groups (broad SMARTS) is 1. The molecule has 3 heterocycles. The molecule has 190 valence electrons. The molecule has 0 unspecified atom stereocenters. The quantitative estimate of drug-likeness (QED) is 0.223. The van der Waals surface area contributed by atoms with Crippen LogP contribution < -0.4 is 16.0 Å². The summed E-state index contributed by atoms with van der Waals surface area (Å²) in [6.45, 7) is 1.91. The number of amides is 2. The van der Waals surface area contributed by atoms with Crippen molar-refractivity contribution in [2.45, 2.75) is 51.1 Å². The Morgan fingerprint density at radius 3 is 2.75 bits per heavy atom. The molecule has 1 aromatic carbocycles. The van der Waals surface area contributed by atoms with Gasteiger partial charge in [-0.2, -0.15) is 0 Å². The highest BCUT2D eigenvalue weighted by Gasteiger charge is 2.24. The van der Waals surface area contributed by atoms with Gasteiger partial charge in [0.2, 0.25) is 5.91 Å². The second kappa shape index (κ2) is 11.7. The summed E-state index contributed by atoms with van der Waals surface area (Å²) in [7, 11) is 0. The summed E-state index contributed by atoms with van der Waals surface area (Å²) in [5.74, 6) is -2.35. The van der Waals surface area contributed by atoms with Crippen LogP contribution in [0.2, 0.25) is 0 Å². The molecule has 0 aliphatic carbocycles. The molecule has 0 radical (unpaired) electrons. The van der Waals surface area contributed by atoms with E-state index in [2.05, 4.69) is 27.0 Å². The van der Waals surface area contributed by atoms with Crippen LogP contribution in [-0.2, 0) is 29.0 Å². The van der Waals surface area contributed by atoms with Crippen LogP contribution in [0.4, 0.5) is 0 Å². The zero-order valence-corrected chi connectivity index (χ0v) is 20.0. The number of aromatic amines is 1. The smallest absolute Gasteiger partial charge is 0.326 e. The zero-order valence-electron chi connectivity index (χ0n) is 20.0. The summed E-state index contributed by atoms with van der Waals surface area (Å²) < 4.78 is 0. The van der Waals surface area contributed by atoms with E-state index in [1.807, 2.05) is 6.07 Å². The van der Waals surface area contributed by atoms with E-state index in [1.165, 1.54) is 5.56 Å². The molecular formula is C26H31N5O5. The number of nitrogens with zero attached hydrogens (tertiary/aromatic N) is 1. The number of pyridine rings is 1. The van der Waals surface area contributed by atoms with E-state index >= 15 is 0 Å². The van der Waals surface area contributed by atoms with Gasteiger partial charge in [0, 0.05) is 54.8 Å². The van der Waals surface area contributed by atoms with Crippen LogP contribution in [0.3, 0.4) is 0 Å². The minimum absolute atomic E-state index is 0.0156. The molecule has 0 saturated heterocycles. The molecule has 3 aromatic rings. The van der Waals surface area contributed by atoms with Crippen molar-refractivity contribution in [1.82, 2.24) is 25.9 Å². The van der Waals surface area contributed by atoms with E-state index in [-0.39, 0.29) is 30.3 Å². The highest BCUT2D eigenvalue weighted by molar-refractivity contribution is 6.04. The maximum Gasteiger partial charge on any atom is 0.326 e. The van der Waals surface area contributed by atoms with Gasteiger partial charge in [0.1, 0.15) is 11.7 Å². The Bertz CT molecular complexity index is 1250. The number of benzene rings is 1. The third-order valence-electron chi connectivity index (χ3n) is 6.33. The number of hydrogen-bond donors (Lipinski definition) is 6. The predicted molar refractivity (Wildman–Crippen MR) is 134 cm³/mol. The predicted octanol–water partition coefficient (Wildman–Crippen LogP) is 2.02. The molecule has 2 aromatic heterocycles. The van der Waals surface area contributed by atoms with E-state index < -0.39 is 17.9 Å². The first-order valence-electron chi connectivity index (χ1n) is 12.2. The van der Waals surface area contributed by atoms with Gasteiger partial charge < -0.3 is 31.1 Å². The van der Waals surface area contributed by atoms with Crippen LogP contribution in [0.15, 0.2) is 36.4 Å². The summed E-state index contributed by atoms with van der Waals surface area (Å²) in [6.07, 6.45) is 3.63. The molecule has 10 nitrogen and oxygen atoms in total. The fourth-order valence-electron chi connectivity index (χ4n) is 4.34. The standard InChI is InChI=1S/C26H31N5O5/c32-22(8-4-1-5-17-10-9-16-15-27-13-11-19(16)29-17)28-14-12-21(26(35)36)31-25(34)23-24(33)18-6-2-3-7-20(18)30-23/h2-3,6-7,9-10,21,27,30,33H,1,4-5,8,11-15H2,(H,28,32)(H,31,34)(H,35,36)/t21-/m0/s1. The van der Waals surface area contributed by atoms with Crippen LogP contribution in [0.1, 0.15) is 53.1 Å². The molecule has 1 atom stereocenters. The number of fused-ring (bicyclic) bond motifs is 2. The number of aromatic hydroxyl groups is 1. The lowest BCUT2D eigenvalue weighted by atomic mass is 10.0. The summed E-state index contributed by atoms with van der Waals surface area (Å²) >= 11 is 0. The topological polar surface area (TPSA) is 156 Å². The lowest BCUT2D eigenvalue weighted by Gasteiger charge is -2.16. The average molecular weight is 494 g/mol. The molecule has 36 heavy (non-hydrogen) atoms. The number of unbranched alkanes of at least 4 members (excludes halogenated alkanes) is 1. The van der Waals surface area contributed by atoms with Crippen LogP contribution in [0.5, 0.6) is 5.75 Å². The summed E-state index contributed by atoms with van der Waals surface area (Å²) in [5, 5.41) is 28.7. The molecule has 0 fully saturated rings. The Kier molecular flexibility index (Phi) is 8.17. The fourth-order valence-corrected chi connectivity index (χ4v) is 4.34. The molecular weight excluding hydrogens is 462 g/mol. The minimum atomic E-state index is -1.22. The molecule has 0 bridgehead atoms. The Morgan fingerprint density at radius 2 is 1.94 bits per heavy atom. The molecule has 10 heteroatoms. The van der Waals surface area contributed by atoms with E-state index in [9.17, 15) is 24.6 Å². The molecule has 0 spiro atoms. The molecule has 1 aliphatic heterocycles. The van der Waals surface area contributed by atoms with Crippen LogP contribution in [0, 0.1) is 0 Å². The van der Waals surface area contributed by atoms with Gasteiger partial charge in [-0.1, -0.05) is 18.2 Å². The monoisotopic (exact) mass is 493 g/mol. The van der Waals surface area contributed by atoms with Crippen LogP contribution in [0.25, 0.3) is 10.9 Å². The van der Waals surface area contributed by atoms with Gasteiger partial charge in [-0.3, -0.25) is 14.6 Å². The SMILES string of the molecule is O=C(CCCCc1ccc2c(n1)CCNC2)NCC[C@H](NC(=O)c1[nH]c2ccccc2c1O)C(=O)O. The van der Waals surface area contributed by atoms with Crippen LogP contribution in [-0.4, -0.2) is 57.1 Å². The van der Waals surface area contributed by atoms with Gasteiger partial charge in [-0.25, -0.2) is 4.79 Å². The first-order valence-corrected chi connectivity index (χ1v) is 12.2. The number of carboxylic acids is 1. The number of para-hydroxylation sites is 1. The van der Waals surface area contributed by atoms with Crippen molar-refractivity contribution in [2.75, 3.05) is 13.1 Å². The number of carbonyl (C=O) groups is 3. The number of H-pyrrole nitrogens is 1. The Morgan fingerprint density at radius 1 is 1.11 bits per heavy atom. The Labute approximate surface area is 208 Å². The van der Waals surface area contributed by atoms with Gasteiger partial charge in [0.05, 0.1) is 0 Å². The molecule has 0 saturated carbocycles. The minimum Gasteiger partial charge on any atom is -0.505 e. The second-order valence-electron chi connectivity index (χ2n) is 8.94. The lowest BCUT2D eigenvalue weighted by molar-refractivity contribution is -0.139. The molecule has 1 aliphatic rings. The lowest BCUT2D eigenvalue weighted by Crippen LogP contribution is -2.43. The van der Waals surface area contributed by atoms with E-state index in [0.29, 0.717) is 23.7 Å². The van der Waals surface area contributed by atoms with Crippen molar-refractivity contribution >= 4 is 28.7 Å². The molecule has 6 N–H and O–H groups in total. The number of nitrogens with one attached hydrogen (secondary N) is 4. The van der Waals surface area contributed by atoms with Crippen molar-refractivity contribution in [3.63, 3.8) is 0 Å². The maximum atomic E-state index is 12.6. The summed E-state index contributed by atoms with van der Waals surface area (Å²) in [5.41, 5.74) is 3.91. The number of aromatic nitrogens is 2. The molecule has 4 rings (SSSR count). The third kappa shape index (κ3) is 6.19. The first kappa shape index (κ1) is 25.2. The van der Waals surface area contributed by atoms with Gasteiger partial charge in [-0.05, 0) is 49.4 Å². The van der Waals surface area contributed by atoms with E-state index in [0.717, 1.165) is 43.7 Å². The Hall–Kier alpha value is -3.92. The Balaban J connectivity index is 1.18. The number of aryl methyl sites for hydroxylation is 1. The van der Waals surface area contributed by atoms with Crippen molar-refractivity contribution in [3.05, 3.63) is 59.0 Å². The average Bonchev–Trinajstić information content (AvgIpc) is 3.22. The maximum absolute atomic E-state index is 12.6. The highest BCUT2D eigenvalue weighted by Crippen LogP contribution is 2.28. The second-order valence-corrected chi connectivity index (χ2v) is 8.94. The number of aliphatic carboxylic acids is 1. The van der Waals surface area contributed by atoms with Crippen molar-refractivity contribution in [2.24, 2.45) is 0 Å². The largest absolute Gasteiger partial charge is 0.505 e. The summed E-state index contributed by atoms with van der Waals surface area (Å²) in [6, 6.07) is 9.79. The van der Waals surface area contributed by atoms with Crippen molar-refractivity contribution in [1.29, 1.82) is 0 Å². The highest BCUT2D eigenvalue weighted by atomic mass is 16.4. The number of hydrogen-bond acceptors (Lipinski definition) is 6. The third-order valence-corrected chi connectivity index (χ3v) is 6.33. The number of rotatable bonds is 11. The van der Waals surface area contributed by atoms with Crippen LogP contribution >= 0.6 is 0 Å². The fraction of sp³-hybridized carbons (Fsp3) is 0.385. The van der Waals surface area contributed by atoms with Gasteiger partial charge in [-0.15, -0.1) is 0 Å². The van der Waals surface area contributed by atoms with E-state index in [4.69, 9.17) is 4.98 Å². The first-order chi connectivity index (χ1) is 17.4. The summed E-state index contributed by atoms with van der Waals surface area (Å²) in [4.78, 5) is 43.9. The molecule has 2 amide bonds. The van der Waals surface area contributed by atoms with Crippen molar-refractivity contribution in [3.8, 4) is 5.75 Å². The van der Waals surface area contributed by atoms with E-state index in [1.54, 1.807) is 24.3 Å². The van der Waals surface area contributed by atoms with Gasteiger partial charge in [0.25, 0.3) is 5.91 Å². The van der Waals surface area contributed by atoms with Gasteiger partial charge >= 0.3 is 5.97 Å². The number of carbonyl (C=O) groups excluding carboxylic acids is 2. The zero-order chi connectivity index (χ0) is 25.5. The normalized spacial score (nSPS) is 13.7.